The van der Waals surface area contributed by atoms with Crippen molar-refractivity contribution in [3.63, 3.8) is 0 Å². The van der Waals surface area contributed by atoms with E-state index in [2.05, 4.69) is 9.97 Å². The van der Waals surface area contributed by atoms with Crippen LogP contribution in [0.1, 0.15) is 33.0 Å². The Morgan fingerprint density at radius 3 is 2.29 bits per heavy atom. The number of aromatic nitrogens is 2. The molecule has 7 nitrogen and oxygen atoms in total. The molecule has 0 spiro atoms. The van der Waals surface area contributed by atoms with Crippen LogP contribution in [0.4, 0.5) is 5.69 Å². The zero-order valence-electron chi connectivity index (χ0n) is 19.3. The van der Waals surface area contributed by atoms with E-state index >= 15 is 0 Å². The maximum atomic E-state index is 13.4. The minimum atomic E-state index is -0.488. The summed E-state index contributed by atoms with van der Waals surface area (Å²) in [5, 5.41) is 2.39. The van der Waals surface area contributed by atoms with Crippen molar-refractivity contribution >= 4 is 45.7 Å². The SMILES string of the molecule is CN(C)C(=O)c1cc(N(Cc2ccc3ccccc3c2)C(=O)CC(=O)c2ncccn2)ccc1Cl. The van der Waals surface area contributed by atoms with Gasteiger partial charge in [0.1, 0.15) is 0 Å². The number of Topliss-reactive ketones (excluding diaryl/α,β-unsaturated/α-hetero) is 1. The number of anilines is 1. The lowest BCUT2D eigenvalue weighted by atomic mass is 10.1. The van der Waals surface area contributed by atoms with Gasteiger partial charge in [-0.15, -0.1) is 0 Å². The maximum absolute atomic E-state index is 13.4. The molecule has 1 aromatic heterocycles. The van der Waals surface area contributed by atoms with E-state index in [0.717, 1.165) is 16.3 Å². The summed E-state index contributed by atoms with van der Waals surface area (Å²) in [6.45, 7) is 0.198. The molecule has 0 aliphatic carbocycles. The Kier molecular flexibility index (Phi) is 7.17. The summed E-state index contributed by atoms with van der Waals surface area (Å²) >= 11 is 6.29. The fourth-order valence-corrected chi connectivity index (χ4v) is 3.88. The number of hydrogen-bond donors (Lipinski definition) is 0. The van der Waals surface area contributed by atoms with Crippen LogP contribution in [-0.2, 0) is 11.3 Å². The van der Waals surface area contributed by atoms with Gasteiger partial charge in [-0.05, 0) is 46.7 Å². The summed E-state index contributed by atoms with van der Waals surface area (Å²) in [6.07, 6.45) is 2.49. The summed E-state index contributed by atoms with van der Waals surface area (Å²) in [5.41, 5.74) is 1.60. The first-order valence-electron chi connectivity index (χ1n) is 10.9. The van der Waals surface area contributed by atoms with E-state index in [1.165, 1.54) is 22.2 Å². The Morgan fingerprint density at radius 2 is 1.57 bits per heavy atom. The molecule has 0 saturated heterocycles. The molecule has 1 heterocycles. The number of carbonyl (C=O) groups is 3. The van der Waals surface area contributed by atoms with Crippen molar-refractivity contribution in [2.24, 2.45) is 0 Å². The highest BCUT2D eigenvalue weighted by Gasteiger charge is 2.23. The Balaban J connectivity index is 1.71. The highest BCUT2D eigenvalue weighted by atomic mass is 35.5. The van der Waals surface area contributed by atoms with Crippen molar-refractivity contribution in [1.82, 2.24) is 14.9 Å². The number of benzene rings is 3. The lowest BCUT2D eigenvalue weighted by molar-refractivity contribution is -0.117. The molecule has 0 radical (unpaired) electrons. The van der Waals surface area contributed by atoms with Crippen molar-refractivity contribution in [1.29, 1.82) is 0 Å². The van der Waals surface area contributed by atoms with Gasteiger partial charge in [-0.25, -0.2) is 9.97 Å². The molecule has 0 saturated carbocycles. The van der Waals surface area contributed by atoms with E-state index < -0.39 is 18.1 Å². The smallest absolute Gasteiger partial charge is 0.254 e. The zero-order valence-corrected chi connectivity index (χ0v) is 20.1. The van der Waals surface area contributed by atoms with Crippen LogP contribution in [0.15, 0.2) is 79.1 Å². The lowest BCUT2D eigenvalue weighted by Crippen LogP contribution is -2.32. The molecule has 3 aromatic carbocycles. The molecule has 4 aromatic rings. The van der Waals surface area contributed by atoms with Gasteiger partial charge in [0.05, 0.1) is 23.6 Å². The van der Waals surface area contributed by atoms with Gasteiger partial charge < -0.3 is 9.80 Å². The molecule has 0 aliphatic heterocycles. The number of amides is 2. The molecule has 0 fully saturated rings. The third-order valence-corrected chi connectivity index (χ3v) is 5.81. The largest absolute Gasteiger partial charge is 0.345 e. The second kappa shape index (κ2) is 10.4. The zero-order chi connectivity index (χ0) is 24.9. The topological polar surface area (TPSA) is 83.5 Å². The highest BCUT2D eigenvalue weighted by molar-refractivity contribution is 6.34. The highest BCUT2D eigenvalue weighted by Crippen LogP contribution is 2.27. The van der Waals surface area contributed by atoms with Gasteiger partial charge in [0.2, 0.25) is 11.7 Å². The number of hydrogen-bond acceptors (Lipinski definition) is 5. The number of rotatable bonds is 7. The van der Waals surface area contributed by atoms with Crippen LogP contribution < -0.4 is 4.90 Å². The van der Waals surface area contributed by atoms with Crippen molar-refractivity contribution in [3.8, 4) is 0 Å². The van der Waals surface area contributed by atoms with Crippen LogP contribution in [0.5, 0.6) is 0 Å². The lowest BCUT2D eigenvalue weighted by Gasteiger charge is -2.24. The van der Waals surface area contributed by atoms with Crippen molar-refractivity contribution in [2.45, 2.75) is 13.0 Å². The average molecular weight is 487 g/mol. The molecule has 0 aliphatic rings. The quantitative estimate of drug-likeness (QED) is 0.277. The normalized spacial score (nSPS) is 10.7. The first-order chi connectivity index (χ1) is 16.8. The minimum absolute atomic E-state index is 0.0221. The number of halogens is 1. The third-order valence-electron chi connectivity index (χ3n) is 5.48. The standard InChI is InChI=1S/C27H23ClN4O3/c1-31(2)27(35)22-15-21(10-11-23(22)28)32(25(34)16-24(33)26-29-12-5-13-30-26)17-18-8-9-19-6-3-4-7-20(19)14-18/h3-15H,16-17H2,1-2H3. The molecule has 0 N–H and O–H groups in total. The number of carbonyl (C=O) groups excluding carboxylic acids is 3. The van der Waals surface area contributed by atoms with Crippen LogP contribution >= 0.6 is 11.6 Å². The molecular weight excluding hydrogens is 464 g/mol. The van der Waals surface area contributed by atoms with Gasteiger partial charge in [-0.2, -0.15) is 0 Å². The molecule has 8 heteroatoms. The fourth-order valence-electron chi connectivity index (χ4n) is 3.68. The molecular formula is C27H23ClN4O3. The van der Waals surface area contributed by atoms with E-state index in [0.29, 0.717) is 5.69 Å². The molecule has 2 amide bonds. The number of ketones is 1. The van der Waals surface area contributed by atoms with Gasteiger partial charge in [0.15, 0.2) is 5.82 Å². The summed E-state index contributed by atoms with van der Waals surface area (Å²) in [6, 6.07) is 20.3. The van der Waals surface area contributed by atoms with E-state index in [9.17, 15) is 14.4 Å². The minimum Gasteiger partial charge on any atom is -0.345 e. The molecule has 0 atom stereocenters. The molecule has 0 unspecified atom stereocenters. The van der Waals surface area contributed by atoms with Crippen LogP contribution in [0.25, 0.3) is 10.8 Å². The Bertz CT molecular complexity index is 1410. The van der Waals surface area contributed by atoms with E-state index in [-0.39, 0.29) is 28.9 Å². The van der Waals surface area contributed by atoms with Crippen molar-refractivity contribution in [2.75, 3.05) is 19.0 Å². The number of nitrogens with zero attached hydrogens (tertiary/aromatic N) is 4. The third kappa shape index (κ3) is 5.53. The predicted molar refractivity (Wildman–Crippen MR) is 136 cm³/mol. The van der Waals surface area contributed by atoms with Gasteiger partial charge in [-0.1, -0.05) is 48.0 Å². The second-order valence-electron chi connectivity index (χ2n) is 8.20. The van der Waals surface area contributed by atoms with Crippen LogP contribution in [0.3, 0.4) is 0 Å². The average Bonchev–Trinajstić information content (AvgIpc) is 2.87. The first-order valence-corrected chi connectivity index (χ1v) is 11.3. The maximum Gasteiger partial charge on any atom is 0.254 e. The molecule has 4 rings (SSSR count). The summed E-state index contributed by atoms with van der Waals surface area (Å²) < 4.78 is 0. The van der Waals surface area contributed by atoms with E-state index in [4.69, 9.17) is 11.6 Å². The van der Waals surface area contributed by atoms with Crippen LogP contribution in [0.2, 0.25) is 5.02 Å². The van der Waals surface area contributed by atoms with Crippen LogP contribution in [-0.4, -0.2) is 46.6 Å². The Labute approximate surface area is 208 Å². The molecule has 35 heavy (non-hydrogen) atoms. The van der Waals surface area contributed by atoms with E-state index in [1.54, 1.807) is 38.4 Å². The van der Waals surface area contributed by atoms with Gasteiger partial charge in [-0.3, -0.25) is 14.4 Å². The second-order valence-corrected chi connectivity index (χ2v) is 8.60. The van der Waals surface area contributed by atoms with Gasteiger partial charge >= 0.3 is 0 Å². The summed E-state index contributed by atoms with van der Waals surface area (Å²) in [7, 11) is 3.25. The first kappa shape index (κ1) is 24.0. The fraction of sp³-hybridized carbons (Fsp3) is 0.148. The molecule has 0 bridgehead atoms. The Hall–Kier alpha value is -4.10. The van der Waals surface area contributed by atoms with Crippen molar-refractivity contribution in [3.05, 3.63) is 101 Å². The van der Waals surface area contributed by atoms with E-state index in [1.807, 2.05) is 42.5 Å². The monoisotopic (exact) mass is 486 g/mol. The Morgan fingerprint density at radius 1 is 0.857 bits per heavy atom. The van der Waals surface area contributed by atoms with Crippen LogP contribution in [0, 0.1) is 0 Å². The summed E-state index contributed by atoms with van der Waals surface area (Å²) in [5.74, 6) is -1.24. The number of fused-ring (bicyclic) bond motifs is 1. The molecule has 176 valence electrons. The van der Waals surface area contributed by atoms with Gasteiger partial charge in [0.25, 0.3) is 5.91 Å². The predicted octanol–water partition coefficient (Wildman–Crippen LogP) is 4.79. The summed E-state index contributed by atoms with van der Waals surface area (Å²) in [4.78, 5) is 49.5. The van der Waals surface area contributed by atoms with Gasteiger partial charge in [0, 0.05) is 32.2 Å². The van der Waals surface area contributed by atoms with Crippen molar-refractivity contribution < 1.29 is 14.4 Å².